The molecule has 2 saturated heterocycles. The molecule has 0 bridgehead atoms. The Labute approximate surface area is 254 Å². The lowest BCUT2D eigenvalue weighted by molar-refractivity contribution is -0.134. The van der Waals surface area contributed by atoms with Crippen LogP contribution in [0.25, 0.3) is 0 Å². The van der Waals surface area contributed by atoms with Gasteiger partial charge in [-0.25, -0.2) is 9.59 Å². The highest BCUT2D eigenvalue weighted by atomic mass is 16.6. The van der Waals surface area contributed by atoms with E-state index in [-0.39, 0.29) is 36.8 Å². The molecule has 2 aliphatic rings. The summed E-state index contributed by atoms with van der Waals surface area (Å²) in [7, 11) is 1.55. The molecule has 232 valence electrons. The van der Waals surface area contributed by atoms with E-state index in [1.54, 1.807) is 16.8 Å². The highest BCUT2D eigenvalue weighted by Crippen LogP contribution is 2.36. The molecule has 4 amide bonds. The molecule has 10 heteroatoms. The van der Waals surface area contributed by atoms with Gasteiger partial charge in [-0.3, -0.25) is 9.59 Å². The number of nitrogens with zero attached hydrogens (tertiary/aromatic N) is 2. The van der Waals surface area contributed by atoms with Gasteiger partial charge < -0.3 is 29.9 Å². The van der Waals surface area contributed by atoms with E-state index in [2.05, 4.69) is 10.6 Å². The molecule has 0 spiro atoms. The van der Waals surface area contributed by atoms with Gasteiger partial charge in [0.1, 0.15) is 18.2 Å². The third-order valence-electron chi connectivity index (χ3n) is 8.01. The number of likely N-dealkylation sites (tertiary alicyclic amines) is 2. The summed E-state index contributed by atoms with van der Waals surface area (Å²) in [5, 5.41) is 5.64. The summed E-state index contributed by atoms with van der Waals surface area (Å²) in [6.45, 7) is 6.74. The first kappa shape index (κ1) is 31.8. The molecular weight excluding hydrogens is 548 g/mol. The van der Waals surface area contributed by atoms with E-state index in [4.69, 9.17) is 9.47 Å². The lowest BCUT2D eigenvalue weighted by Crippen LogP contribution is -2.56. The smallest absolute Gasteiger partial charge is 0.410 e. The Kier molecular flexibility index (Phi) is 10.7. The summed E-state index contributed by atoms with van der Waals surface area (Å²) in [6.07, 6.45) is 1.01. The minimum atomic E-state index is -0.719. The van der Waals surface area contributed by atoms with Crippen LogP contribution in [0.15, 0.2) is 60.7 Å². The Morgan fingerprint density at radius 3 is 2.07 bits per heavy atom. The van der Waals surface area contributed by atoms with Crippen molar-refractivity contribution < 1.29 is 28.7 Å². The standard InChI is InChI=1S/C33H44N4O6/c1-33(2,3)43-32(41)37-19-25-18-36(31(40)42-22-24-14-9-6-10-15-24)21-27(26(25)20-37)29(38)35-28(30(39)34-4)17-11-16-23-12-7-5-8-13-23/h5-10,12-15,25-28H,11,16-22H2,1-4H3,(H,34,39)(H,35,38)/t25?,26?,27?,28-/m0/s1. The van der Waals surface area contributed by atoms with E-state index >= 15 is 0 Å². The number of aryl methyl sites for hydroxylation is 1. The van der Waals surface area contributed by atoms with Crippen LogP contribution in [0.1, 0.15) is 44.7 Å². The van der Waals surface area contributed by atoms with Gasteiger partial charge in [0, 0.05) is 33.2 Å². The van der Waals surface area contributed by atoms with Crippen molar-refractivity contribution >= 4 is 24.0 Å². The number of ether oxygens (including phenoxy) is 2. The third kappa shape index (κ3) is 8.95. The van der Waals surface area contributed by atoms with Gasteiger partial charge in [-0.15, -0.1) is 0 Å². The van der Waals surface area contributed by atoms with Crippen LogP contribution in [0.3, 0.4) is 0 Å². The molecule has 2 fully saturated rings. The fourth-order valence-corrected chi connectivity index (χ4v) is 5.87. The van der Waals surface area contributed by atoms with Gasteiger partial charge in [-0.2, -0.15) is 0 Å². The number of hydrogen-bond acceptors (Lipinski definition) is 6. The molecule has 2 aliphatic heterocycles. The molecule has 3 unspecified atom stereocenters. The number of amides is 4. The second-order valence-electron chi connectivity index (χ2n) is 12.4. The summed E-state index contributed by atoms with van der Waals surface area (Å²) < 4.78 is 11.2. The van der Waals surface area contributed by atoms with Crippen molar-refractivity contribution in [3.63, 3.8) is 0 Å². The van der Waals surface area contributed by atoms with E-state index < -0.39 is 29.7 Å². The first-order chi connectivity index (χ1) is 20.5. The molecular formula is C33H44N4O6. The molecule has 2 N–H and O–H groups in total. The van der Waals surface area contributed by atoms with E-state index in [9.17, 15) is 19.2 Å². The molecule has 4 atom stereocenters. The van der Waals surface area contributed by atoms with E-state index in [1.807, 2.05) is 81.4 Å². The van der Waals surface area contributed by atoms with Crippen LogP contribution < -0.4 is 10.6 Å². The lowest BCUT2D eigenvalue weighted by Gasteiger charge is -2.39. The van der Waals surface area contributed by atoms with Crippen LogP contribution in [0.5, 0.6) is 0 Å². The second kappa shape index (κ2) is 14.4. The van der Waals surface area contributed by atoms with Crippen molar-refractivity contribution in [3.05, 3.63) is 71.8 Å². The number of nitrogens with one attached hydrogen (secondary N) is 2. The molecule has 0 saturated carbocycles. The van der Waals surface area contributed by atoms with Crippen molar-refractivity contribution in [2.75, 3.05) is 33.2 Å². The summed E-state index contributed by atoms with van der Waals surface area (Å²) in [6, 6.07) is 18.7. The fraction of sp³-hybridized carbons (Fsp3) is 0.515. The van der Waals surface area contributed by atoms with E-state index in [0.717, 1.165) is 17.5 Å². The second-order valence-corrected chi connectivity index (χ2v) is 12.4. The predicted octanol–water partition coefficient (Wildman–Crippen LogP) is 3.99. The van der Waals surface area contributed by atoms with E-state index in [0.29, 0.717) is 32.5 Å². The number of fused-ring (bicyclic) bond motifs is 1. The number of hydrogen-bond donors (Lipinski definition) is 2. The van der Waals surface area contributed by atoms with Crippen molar-refractivity contribution in [2.45, 2.75) is 58.3 Å². The highest BCUT2D eigenvalue weighted by Gasteiger charge is 2.49. The normalized spacial score (nSPS) is 20.5. The first-order valence-corrected chi connectivity index (χ1v) is 15.0. The van der Waals surface area contributed by atoms with Crippen molar-refractivity contribution in [1.82, 2.24) is 20.4 Å². The van der Waals surface area contributed by atoms with Crippen LogP contribution >= 0.6 is 0 Å². The first-order valence-electron chi connectivity index (χ1n) is 15.0. The molecule has 0 radical (unpaired) electrons. The zero-order valence-corrected chi connectivity index (χ0v) is 25.6. The maximum atomic E-state index is 13.9. The summed E-state index contributed by atoms with van der Waals surface area (Å²) >= 11 is 0. The highest BCUT2D eigenvalue weighted by molar-refractivity contribution is 5.89. The molecule has 2 aromatic rings. The van der Waals surface area contributed by atoms with Crippen LogP contribution in [-0.4, -0.2) is 78.7 Å². The Morgan fingerprint density at radius 2 is 1.47 bits per heavy atom. The fourth-order valence-electron chi connectivity index (χ4n) is 5.87. The van der Waals surface area contributed by atoms with Crippen LogP contribution in [0.2, 0.25) is 0 Å². The predicted molar refractivity (Wildman–Crippen MR) is 162 cm³/mol. The molecule has 4 rings (SSSR count). The van der Waals surface area contributed by atoms with Gasteiger partial charge >= 0.3 is 12.2 Å². The Morgan fingerprint density at radius 1 is 0.860 bits per heavy atom. The number of rotatable bonds is 9. The summed E-state index contributed by atoms with van der Waals surface area (Å²) in [4.78, 5) is 55.9. The maximum Gasteiger partial charge on any atom is 0.410 e. The van der Waals surface area contributed by atoms with Crippen molar-refractivity contribution in [3.8, 4) is 0 Å². The molecule has 43 heavy (non-hydrogen) atoms. The number of likely N-dealkylation sites (N-methyl/N-ethyl adjacent to an activating group) is 1. The topological polar surface area (TPSA) is 117 Å². The maximum absolute atomic E-state index is 13.9. The van der Waals surface area contributed by atoms with Crippen LogP contribution in [0.4, 0.5) is 9.59 Å². The average molecular weight is 593 g/mol. The Hall–Kier alpha value is -4.08. The van der Waals surface area contributed by atoms with Crippen molar-refractivity contribution in [2.24, 2.45) is 17.8 Å². The van der Waals surface area contributed by atoms with Gasteiger partial charge in [0.15, 0.2) is 0 Å². The van der Waals surface area contributed by atoms with Gasteiger partial charge in [-0.05, 0) is 63.0 Å². The number of benzene rings is 2. The SMILES string of the molecule is CNC(=O)[C@H](CCCc1ccccc1)NC(=O)C1CN(C(=O)OCc2ccccc2)CC2CN(C(=O)OC(C)(C)C)CC21. The molecule has 0 aliphatic carbocycles. The van der Waals surface area contributed by atoms with Gasteiger partial charge in [0.2, 0.25) is 11.8 Å². The zero-order chi connectivity index (χ0) is 31.0. The average Bonchev–Trinajstić information content (AvgIpc) is 3.43. The summed E-state index contributed by atoms with van der Waals surface area (Å²) in [5.74, 6) is -1.54. The molecule has 0 aromatic heterocycles. The quantitative estimate of drug-likeness (QED) is 0.455. The Bertz CT molecular complexity index is 1250. The monoisotopic (exact) mass is 592 g/mol. The third-order valence-corrected chi connectivity index (χ3v) is 8.01. The molecule has 2 aromatic carbocycles. The lowest BCUT2D eigenvalue weighted by atomic mass is 9.79. The minimum Gasteiger partial charge on any atom is -0.445 e. The minimum absolute atomic E-state index is 0.116. The molecule has 2 heterocycles. The van der Waals surface area contributed by atoms with Crippen LogP contribution in [0, 0.1) is 17.8 Å². The van der Waals surface area contributed by atoms with Gasteiger partial charge in [0.25, 0.3) is 0 Å². The van der Waals surface area contributed by atoms with Gasteiger partial charge in [-0.1, -0.05) is 60.7 Å². The largest absolute Gasteiger partial charge is 0.445 e. The Balaban J connectivity index is 1.47. The number of carbonyl (C=O) groups is 4. The van der Waals surface area contributed by atoms with Crippen LogP contribution in [-0.2, 0) is 32.1 Å². The number of carbonyl (C=O) groups excluding carboxylic acids is 4. The summed E-state index contributed by atoms with van der Waals surface area (Å²) in [5.41, 5.74) is 1.37. The number of piperidine rings is 1. The van der Waals surface area contributed by atoms with E-state index in [1.165, 1.54) is 0 Å². The van der Waals surface area contributed by atoms with Crippen molar-refractivity contribution in [1.29, 1.82) is 0 Å². The molecule has 10 nitrogen and oxygen atoms in total. The van der Waals surface area contributed by atoms with Gasteiger partial charge in [0.05, 0.1) is 5.92 Å². The zero-order valence-electron chi connectivity index (χ0n) is 25.6.